The summed E-state index contributed by atoms with van der Waals surface area (Å²) >= 11 is 0. The minimum absolute atomic E-state index is 0.00505. The van der Waals surface area contributed by atoms with Crippen LogP contribution in [0.25, 0.3) is 4.85 Å². The molecule has 0 saturated carbocycles. The molecule has 22 heavy (non-hydrogen) atoms. The van der Waals surface area contributed by atoms with E-state index in [1.807, 2.05) is 13.8 Å². The molecule has 0 heterocycles. The molecule has 0 saturated heterocycles. The molecule has 0 aliphatic carbocycles. The summed E-state index contributed by atoms with van der Waals surface area (Å²) in [6, 6.07) is 6.81. The number of rotatable bonds is 5. The van der Waals surface area contributed by atoms with Gasteiger partial charge in [0.1, 0.15) is 0 Å². The lowest BCUT2D eigenvalue weighted by Gasteiger charge is -2.12. The molecule has 0 fully saturated rings. The van der Waals surface area contributed by atoms with E-state index < -0.39 is 11.8 Å². The van der Waals surface area contributed by atoms with E-state index in [-0.39, 0.29) is 25.2 Å². The lowest BCUT2D eigenvalue weighted by Crippen LogP contribution is -2.39. The van der Waals surface area contributed by atoms with Crippen molar-refractivity contribution in [3.05, 3.63) is 46.8 Å². The predicted octanol–water partition coefficient (Wildman–Crippen LogP) is 0.434. The molecule has 3 amide bonds. The Balaban J connectivity index is 2.70. The molecule has 1 rings (SSSR count). The highest BCUT2D eigenvalue weighted by Crippen LogP contribution is 2.08. The fourth-order valence-electron chi connectivity index (χ4n) is 1.68. The highest BCUT2D eigenvalue weighted by atomic mass is 16.2. The predicted molar refractivity (Wildman–Crippen MR) is 80.5 cm³/mol. The molecule has 1 aromatic rings. The summed E-state index contributed by atoms with van der Waals surface area (Å²) in [5.74, 6) is -1.96. The molecule has 3 N–H and O–H groups in total. The smallest absolute Gasteiger partial charge is 0.314 e. The zero-order valence-electron chi connectivity index (χ0n) is 12.5. The number of carbonyl (C=O) groups is 3. The topological polar surface area (TPSA) is 91.7 Å². The first-order valence-corrected chi connectivity index (χ1v) is 6.73. The maximum Gasteiger partial charge on any atom is 0.314 e. The number of hydrogen-bond donors (Lipinski definition) is 3. The van der Waals surface area contributed by atoms with Crippen LogP contribution in [0.4, 0.5) is 0 Å². The zero-order valence-corrected chi connectivity index (χ0v) is 12.5. The quantitative estimate of drug-likeness (QED) is 0.544. The van der Waals surface area contributed by atoms with Gasteiger partial charge in [0.05, 0.1) is 0 Å². The third-order valence-electron chi connectivity index (χ3n) is 2.65. The summed E-state index contributed by atoms with van der Waals surface area (Å²) in [7, 11) is 0. The number of benzene rings is 1. The molecular formula is C15H18N4O3. The number of carbonyl (C=O) groups excluding carboxylic acids is 3. The number of hydrogen-bond acceptors (Lipinski definition) is 3. The van der Waals surface area contributed by atoms with E-state index in [0.717, 1.165) is 0 Å². The highest BCUT2D eigenvalue weighted by molar-refractivity contribution is 6.35. The van der Waals surface area contributed by atoms with Gasteiger partial charge in [0, 0.05) is 18.2 Å². The van der Waals surface area contributed by atoms with Crippen LogP contribution in [0.5, 0.6) is 0 Å². The van der Waals surface area contributed by atoms with Gasteiger partial charge in [0.2, 0.25) is 0 Å². The number of nitrogens with zero attached hydrogens (tertiary/aromatic N) is 1. The third kappa shape index (κ3) is 5.25. The Labute approximate surface area is 128 Å². The van der Waals surface area contributed by atoms with Crippen molar-refractivity contribution < 1.29 is 14.4 Å². The number of amides is 3. The molecule has 0 spiro atoms. The Morgan fingerprint density at radius 2 is 1.77 bits per heavy atom. The molecule has 7 heteroatoms. The monoisotopic (exact) mass is 302 g/mol. The van der Waals surface area contributed by atoms with Gasteiger partial charge in [-0.3, -0.25) is 24.5 Å². The van der Waals surface area contributed by atoms with Gasteiger partial charge in [-0.25, -0.2) is 6.57 Å². The van der Waals surface area contributed by atoms with Crippen LogP contribution in [0.3, 0.4) is 0 Å². The molecular weight excluding hydrogens is 284 g/mol. The van der Waals surface area contributed by atoms with Crippen LogP contribution >= 0.6 is 0 Å². The third-order valence-corrected chi connectivity index (χ3v) is 2.65. The van der Waals surface area contributed by atoms with Crippen molar-refractivity contribution in [3.63, 3.8) is 0 Å². The first kappa shape index (κ1) is 17.2. The molecule has 0 unspecified atom stereocenters. The summed E-state index contributed by atoms with van der Waals surface area (Å²) in [6.07, 6.45) is 0. The summed E-state index contributed by atoms with van der Waals surface area (Å²) in [5, 5.41) is 7.34. The maximum atomic E-state index is 12.1. The van der Waals surface area contributed by atoms with E-state index in [2.05, 4.69) is 20.8 Å². The largest absolute Gasteiger partial charge is 0.350 e. The first-order chi connectivity index (χ1) is 10.5. The lowest BCUT2D eigenvalue weighted by molar-refractivity contribution is -0.139. The molecule has 116 valence electrons. The Kier molecular flexibility index (Phi) is 6.57. The van der Waals surface area contributed by atoms with E-state index in [0.29, 0.717) is 11.1 Å². The van der Waals surface area contributed by atoms with E-state index >= 15 is 0 Å². The summed E-state index contributed by atoms with van der Waals surface area (Å²) < 4.78 is 0. The van der Waals surface area contributed by atoms with Gasteiger partial charge in [-0.15, -0.1) is 0 Å². The van der Waals surface area contributed by atoms with Crippen LogP contribution in [-0.2, 0) is 16.1 Å². The van der Waals surface area contributed by atoms with Gasteiger partial charge >= 0.3 is 11.8 Å². The number of nitrogens with one attached hydrogen (secondary N) is 3. The summed E-state index contributed by atoms with van der Waals surface area (Å²) in [6.45, 7) is 10.0. The van der Waals surface area contributed by atoms with Crippen molar-refractivity contribution in [2.75, 3.05) is 6.67 Å². The molecule has 0 aromatic heterocycles. The van der Waals surface area contributed by atoms with Gasteiger partial charge in [-0.1, -0.05) is 18.2 Å². The van der Waals surface area contributed by atoms with Crippen LogP contribution in [-0.4, -0.2) is 30.4 Å². The van der Waals surface area contributed by atoms with E-state index in [1.165, 1.54) is 0 Å². The Morgan fingerprint density at radius 1 is 1.14 bits per heavy atom. The van der Waals surface area contributed by atoms with E-state index in [1.54, 1.807) is 24.3 Å². The molecule has 0 bridgehead atoms. The molecule has 7 nitrogen and oxygen atoms in total. The summed E-state index contributed by atoms with van der Waals surface area (Å²) in [4.78, 5) is 37.9. The fraction of sp³-hybridized carbons (Fsp3) is 0.333. The van der Waals surface area contributed by atoms with E-state index in [9.17, 15) is 14.4 Å². The normalized spacial score (nSPS) is 9.73. The van der Waals surface area contributed by atoms with Crippen molar-refractivity contribution >= 4 is 17.7 Å². The summed E-state index contributed by atoms with van der Waals surface area (Å²) in [5.41, 5.74) is 1.05. The lowest BCUT2D eigenvalue weighted by atomic mass is 10.1. The molecule has 0 aliphatic rings. The average Bonchev–Trinajstić information content (AvgIpc) is 2.49. The molecule has 0 radical (unpaired) electrons. The second kappa shape index (κ2) is 8.42. The maximum absolute atomic E-state index is 12.1. The van der Waals surface area contributed by atoms with Gasteiger partial charge in [-0.05, 0) is 25.5 Å². The van der Waals surface area contributed by atoms with E-state index in [4.69, 9.17) is 6.57 Å². The van der Waals surface area contributed by atoms with Crippen LogP contribution in [0.15, 0.2) is 24.3 Å². The minimum Gasteiger partial charge on any atom is -0.350 e. The molecule has 1 aromatic carbocycles. The SMILES string of the molecule is [C-]#[N+]CNC(=O)C(=O)NCc1ccccc1C(=O)NC(C)C. The standard InChI is InChI=1S/C15H18N4O3/c1-10(2)19-13(20)12-7-5-4-6-11(12)8-17-14(21)15(22)18-9-16-3/h4-7,10H,8-9H2,1-2H3,(H,17,21)(H,18,22)(H,19,20). The fourth-order valence-corrected chi connectivity index (χ4v) is 1.68. The average molecular weight is 302 g/mol. The van der Waals surface area contributed by atoms with Gasteiger partial charge in [0.25, 0.3) is 12.6 Å². The van der Waals surface area contributed by atoms with Crippen molar-refractivity contribution in [3.8, 4) is 0 Å². The molecule has 0 atom stereocenters. The van der Waals surface area contributed by atoms with Crippen LogP contribution in [0.2, 0.25) is 0 Å². The van der Waals surface area contributed by atoms with Crippen LogP contribution in [0, 0.1) is 6.57 Å². The van der Waals surface area contributed by atoms with Crippen LogP contribution in [0.1, 0.15) is 29.8 Å². The Bertz CT molecular complexity index is 605. The highest BCUT2D eigenvalue weighted by Gasteiger charge is 2.16. The second-order valence-corrected chi connectivity index (χ2v) is 4.79. The van der Waals surface area contributed by atoms with Crippen molar-refractivity contribution in [2.45, 2.75) is 26.4 Å². The zero-order chi connectivity index (χ0) is 16.5. The molecule has 0 aliphatic heterocycles. The van der Waals surface area contributed by atoms with Crippen molar-refractivity contribution in [1.82, 2.24) is 16.0 Å². The minimum atomic E-state index is -0.875. The second-order valence-electron chi connectivity index (χ2n) is 4.79. The van der Waals surface area contributed by atoms with Gasteiger partial charge < -0.3 is 10.6 Å². The van der Waals surface area contributed by atoms with Gasteiger partial charge in [0.15, 0.2) is 0 Å². The van der Waals surface area contributed by atoms with Crippen molar-refractivity contribution in [1.29, 1.82) is 0 Å². The van der Waals surface area contributed by atoms with Crippen LogP contribution < -0.4 is 16.0 Å². The Morgan fingerprint density at radius 3 is 2.41 bits per heavy atom. The van der Waals surface area contributed by atoms with Crippen molar-refractivity contribution in [2.24, 2.45) is 0 Å². The first-order valence-electron chi connectivity index (χ1n) is 6.73. The Hall–Kier alpha value is -2.88. The van der Waals surface area contributed by atoms with Gasteiger partial charge in [-0.2, -0.15) is 0 Å².